The van der Waals surface area contributed by atoms with Gasteiger partial charge >= 0.3 is 5.97 Å². The first-order valence-electron chi connectivity index (χ1n) is 7.32. The van der Waals surface area contributed by atoms with Gasteiger partial charge in [0.2, 0.25) is 5.91 Å². The number of carbonyl (C=O) groups is 2. The van der Waals surface area contributed by atoms with Crippen molar-refractivity contribution in [1.29, 1.82) is 0 Å². The number of anilines is 2. The Kier molecular flexibility index (Phi) is 4.50. The monoisotopic (exact) mass is 290 g/mol. The molecule has 0 saturated heterocycles. The van der Waals surface area contributed by atoms with Crippen LogP contribution < -0.4 is 10.6 Å². The van der Waals surface area contributed by atoms with Gasteiger partial charge in [-0.3, -0.25) is 9.59 Å². The summed E-state index contributed by atoms with van der Waals surface area (Å²) in [6.45, 7) is 2.12. The third-order valence-electron chi connectivity index (χ3n) is 4.25. The average Bonchev–Trinajstić information content (AvgIpc) is 2.88. The van der Waals surface area contributed by atoms with Crippen LogP contribution in [0, 0.1) is 5.41 Å². The van der Waals surface area contributed by atoms with Gasteiger partial charge in [-0.25, -0.2) is 0 Å². The van der Waals surface area contributed by atoms with E-state index in [9.17, 15) is 9.59 Å². The van der Waals surface area contributed by atoms with Crippen molar-refractivity contribution in [2.24, 2.45) is 5.41 Å². The highest BCUT2D eigenvalue weighted by Crippen LogP contribution is 2.40. The molecular weight excluding hydrogens is 268 g/mol. The van der Waals surface area contributed by atoms with Crippen molar-refractivity contribution in [3.63, 3.8) is 0 Å². The highest BCUT2D eigenvalue weighted by atomic mass is 16.4. The lowest BCUT2D eigenvalue weighted by atomic mass is 9.86. The first-order chi connectivity index (χ1) is 9.94. The maximum atomic E-state index is 12.9. The van der Waals surface area contributed by atoms with Crippen LogP contribution in [0.25, 0.3) is 0 Å². The molecule has 0 spiro atoms. The molecular formula is C16H22N2O3. The van der Waals surface area contributed by atoms with Crippen LogP contribution in [0.2, 0.25) is 0 Å². The molecule has 1 amide bonds. The molecule has 0 radical (unpaired) electrons. The van der Waals surface area contributed by atoms with Crippen molar-refractivity contribution in [2.75, 3.05) is 17.2 Å². The lowest BCUT2D eigenvalue weighted by Gasteiger charge is -2.32. The van der Waals surface area contributed by atoms with Gasteiger partial charge in [0.15, 0.2) is 0 Å². The summed E-state index contributed by atoms with van der Waals surface area (Å²) >= 11 is 0. The molecule has 1 aliphatic rings. The highest BCUT2D eigenvalue weighted by Gasteiger charge is 2.39. The lowest BCUT2D eigenvalue weighted by Crippen LogP contribution is -2.42. The van der Waals surface area contributed by atoms with E-state index in [1.807, 2.05) is 13.0 Å². The van der Waals surface area contributed by atoms with Gasteiger partial charge in [0, 0.05) is 12.0 Å². The van der Waals surface area contributed by atoms with Crippen LogP contribution in [-0.4, -0.2) is 23.5 Å². The molecule has 1 aromatic carbocycles. The number of amides is 1. The summed E-state index contributed by atoms with van der Waals surface area (Å²) in [5, 5.41) is 8.92. The van der Waals surface area contributed by atoms with Crippen LogP contribution in [0.15, 0.2) is 24.3 Å². The summed E-state index contributed by atoms with van der Waals surface area (Å²) in [5.74, 6) is -0.932. The van der Waals surface area contributed by atoms with Gasteiger partial charge in [0.25, 0.3) is 0 Å². The Labute approximate surface area is 124 Å². The zero-order valence-corrected chi connectivity index (χ0v) is 12.3. The minimum absolute atomic E-state index is 0.0147. The van der Waals surface area contributed by atoms with Gasteiger partial charge in [-0.15, -0.1) is 0 Å². The molecule has 21 heavy (non-hydrogen) atoms. The van der Waals surface area contributed by atoms with Crippen LogP contribution in [0.5, 0.6) is 0 Å². The predicted octanol–water partition coefficient (Wildman–Crippen LogP) is 2.66. The largest absolute Gasteiger partial charge is 0.481 e. The third kappa shape index (κ3) is 3.35. The van der Waals surface area contributed by atoms with E-state index >= 15 is 0 Å². The number of nitrogen functional groups attached to an aromatic ring is 1. The number of rotatable bonds is 5. The van der Waals surface area contributed by atoms with Gasteiger partial charge < -0.3 is 15.7 Å². The maximum absolute atomic E-state index is 12.9. The summed E-state index contributed by atoms with van der Waals surface area (Å²) < 4.78 is 0. The van der Waals surface area contributed by atoms with Crippen molar-refractivity contribution >= 4 is 23.3 Å². The summed E-state index contributed by atoms with van der Waals surface area (Å²) in [4.78, 5) is 25.3. The van der Waals surface area contributed by atoms with E-state index in [2.05, 4.69) is 0 Å². The molecule has 0 heterocycles. The molecule has 0 atom stereocenters. The van der Waals surface area contributed by atoms with Gasteiger partial charge in [0.1, 0.15) is 0 Å². The Morgan fingerprint density at radius 3 is 2.48 bits per heavy atom. The van der Waals surface area contributed by atoms with E-state index < -0.39 is 11.4 Å². The van der Waals surface area contributed by atoms with Gasteiger partial charge in [-0.1, -0.05) is 31.9 Å². The van der Waals surface area contributed by atoms with E-state index in [1.165, 1.54) is 0 Å². The predicted molar refractivity (Wildman–Crippen MR) is 82.0 cm³/mol. The van der Waals surface area contributed by atoms with Crippen molar-refractivity contribution < 1.29 is 14.7 Å². The van der Waals surface area contributed by atoms with E-state index in [0.29, 0.717) is 11.4 Å². The number of carboxylic acid groups (broad SMARTS) is 1. The molecule has 1 saturated carbocycles. The fourth-order valence-corrected chi connectivity index (χ4v) is 2.97. The summed E-state index contributed by atoms with van der Waals surface area (Å²) in [6.07, 6.45) is 3.69. The van der Waals surface area contributed by atoms with Crippen LogP contribution in [0.3, 0.4) is 0 Å². The molecule has 114 valence electrons. The van der Waals surface area contributed by atoms with E-state index in [1.54, 1.807) is 23.1 Å². The van der Waals surface area contributed by atoms with Crippen LogP contribution in [-0.2, 0) is 9.59 Å². The zero-order chi connectivity index (χ0) is 15.5. The number of benzene rings is 1. The van der Waals surface area contributed by atoms with Gasteiger partial charge in [0.05, 0.1) is 17.8 Å². The molecule has 0 bridgehead atoms. The maximum Gasteiger partial charge on any atom is 0.305 e. The van der Waals surface area contributed by atoms with E-state index in [4.69, 9.17) is 10.8 Å². The molecule has 0 aromatic heterocycles. The fourth-order valence-electron chi connectivity index (χ4n) is 2.97. The van der Waals surface area contributed by atoms with Crippen LogP contribution in [0.4, 0.5) is 11.4 Å². The normalized spacial score (nSPS) is 16.6. The topological polar surface area (TPSA) is 83.6 Å². The van der Waals surface area contributed by atoms with Crippen molar-refractivity contribution in [1.82, 2.24) is 0 Å². The summed E-state index contributed by atoms with van der Waals surface area (Å²) in [5.41, 5.74) is 6.67. The van der Waals surface area contributed by atoms with Crippen molar-refractivity contribution in [2.45, 2.75) is 39.0 Å². The summed E-state index contributed by atoms with van der Waals surface area (Å²) in [7, 11) is 0. The molecule has 5 nitrogen and oxygen atoms in total. The van der Waals surface area contributed by atoms with E-state index in [-0.39, 0.29) is 18.9 Å². The fraction of sp³-hybridized carbons (Fsp3) is 0.500. The molecule has 1 fully saturated rings. The average molecular weight is 290 g/mol. The minimum Gasteiger partial charge on any atom is -0.481 e. The number of carbonyl (C=O) groups excluding carboxylic acids is 1. The van der Waals surface area contributed by atoms with Crippen LogP contribution >= 0.6 is 0 Å². The quantitative estimate of drug-likeness (QED) is 0.817. The molecule has 3 N–H and O–H groups in total. The number of hydrogen-bond acceptors (Lipinski definition) is 3. The SMILES string of the molecule is CC1(C(=O)N(CCC(=O)O)c2ccccc2N)CCCC1. The third-order valence-corrected chi connectivity index (χ3v) is 4.25. The van der Waals surface area contributed by atoms with Gasteiger partial charge in [-0.05, 0) is 25.0 Å². The second kappa shape index (κ2) is 6.16. The Morgan fingerprint density at radius 1 is 1.29 bits per heavy atom. The number of hydrogen-bond donors (Lipinski definition) is 2. The molecule has 0 unspecified atom stereocenters. The molecule has 2 rings (SSSR count). The zero-order valence-electron chi connectivity index (χ0n) is 12.3. The second-order valence-corrected chi connectivity index (χ2v) is 5.93. The molecule has 5 heteroatoms. The number of nitrogens with zero attached hydrogens (tertiary/aromatic N) is 1. The Hall–Kier alpha value is -2.04. The number of aliphatic carboxylic acids is 1. The smallest absolute Gasteiger partial charge is 0.305 e. The van der Waals surface area contributed by atoms with Gasteiger partial charge in [-0.2, -0.15) is 0 Å². The minimum atomic E-state index is -0.918. The Balaban J connectivity index is 2.29. The Morgan fingerprint density at radius 2 is 1.90 bits per heavy atom. The second-order valence-electron chi connectivity index (χ2n) is 5.93. The summed E-state index contributed by atoms with van der Waals surface area (Å²) in [6, 6.07) is 7.11. The first-order valence-corrected chi connectivity index (χ1v) is 7.32. The van der Waals surface area contributed by atoms with E-state index in [0.717, 1.165) is 25.7 Å². The molecule has 0 aliphatic heterocycles. The van der Waals surface area contributed by atoms with Crippen molar-refractivity contribution in [3.8, 4) is 0 Å². The molecule has 1 aromatic rings. The highest BCUT2D eigenvalue weighted by molar-refractivity contribution is 6.00. The first kappa shape index (κ1) is 15.4. The van der Waals surface area contributed by atoms with Crippen LogP contribution in [0.1, 0.15) is 39.0 Å². The Bertz CT molecular complexity index is 536. The van der Waals surface area contributed by atoms with Crippen molar-refractivity contribution in [3.05, 3.63) is 24.3 Å². The lowest BCUT2D eigenvalue weighted by molar-refractivity contribution is -0.136. The number of carboxylic acids is 1. The standard InChI is InChI=1S/C16H22N2O3/c1-16(9-4-5-10-16)15(21)18(11-8-14(19)20)13-7-3-2-6-12(13)17/h2-3,6-7H,4-5,8-11,17H2,1H3,(H,19,20). The number of para-hydroxylation sites is 2. The molecule has 1 aliphatic carbocycles. The number of nitrogens with two attached hydrogens (primary N) is 1.